The number of urea groups is 1. The molecule has 6 heteroatoms. The number of rotatable bonds is 2. The van der Waals surface area contributed by atoms with Gasteiger partial charge in [-0.25, -0.2) is 4.79 Å². The summed E-state index contributed by atoms with van der Waals surface area (Å²) < 4.78 is 10.8. The van der Waals surface area contributed by atoms with E-state index in [0.717, 1.165) is 5.69 Å². The second-order valence-electron chi connectivity index (χ2n) is 4.74. The number of ether oxygens (including phenoxy) is 2. The standard InChI is InChI=1S/C16H15ClN2O3/c1-21-14-7-6-11(17)10-12(14)18-16(20)19-8-9-22-15-5-3-2-4-13(15)19/h2-7,10H,8-9H2,1H3,(H,18,20). The topological polar surface area (TPSA) is 50.8 Å². The molecule has 0 unspecified atom stereocenters. The van der Waals surface area contributed by atoms with Crippen molar-refractivity contribution in [3.63, 3.8) is 0 Å². The highest BCUT2D eigenvalue weighted by Crippen LogP contribution is 2.33. The van der Waals surface area contributed by atoms with Crippen LogP contribution in [0.15, 0.2) is 42.5 Å². The monoisotopic (exact) mass is 318 g/mol. The lowest BCUT2D eigenvalue weighted by Gasteiger charge is -2.29. The number of para-hydroxylation sites is 2. The fraction of sp³-hybridized carbons (Fsp3) is 0.188. The number of anilines is 2. The van der Waals surface area contributed by atoms with Crippen LogP contribution in [0.2, 0.25) is 5.02 Å². The molecule has 114 valence electrons. The molecule has 0 aliphatic carbocycles. The summed E-state index contributed by atoms with van der Waals surface area (Å²) in [5.41, 5.74) is 1.27. The van der Waals surface area contributed by atoms with Crippen LogP contribution in [0.1, 0.15) is 0 Å². The number of benzene rings is 2. The van der Waals surface area contributed by atoms with E-state index in [1.54, 1.807) is 30.2 Å². The van der Waals surface area contributed by atoms with Crippen molar-refractivity contribution in [3.05, 3.63) is 47.5 Å². The summed E-state index contributed by atoms with van der Waals surface area (Å²) in [5, 5.41) is 3.36. The summed E-state index contributed by atoms with van der Waals surface area (Å²) in [6, 6.07) is 12.3. The van der Waals surface area contributed by atoms with Crippen LogP contribution in [0.4, 0.5) is 16.2 Å². The average Bonchev–Trinajstić information content (AvgIpc) is 2.54. The molecule has 0 spiro atoms. The van der Waals surface area contributed by atoms with Crippen LogP contribution in [0, 0.1) is 0 Å². The Morgan fingerprint density at radius 2 is 2.14 bits per heavy atom. The van der Waals surface area contributed by atoms with Gasteiger partial charge in [0, 0.05) is 5.02 Å². The van der Waals surface area contributed by atoms with Crippen molar-refractivity contribution in [1.82, 2.24) is 0 Å². The molecular formula is C16H15ClN2O3. The Kier molecular flexibility index (Phi) is 4.06. The van der Waals surface area contributed by atoms with E-state index in [2.05, 4.69) is 5.32 Å². The fourth-order valence-electron chi connectivity index (χ4n) is 2.34. The van der Waals surface area contributed by atoms with E-state index in [9.17, 15) is 4.79 Å². The molecule has 0 fully saturated rings. The Hall–Kier alpha value is -2.40. The van der Waals surface area contributed by atoms with Crippen molar-refractivity contribution >= 4 is 29.0 Å². The van der Waals surface area contributed by atoms with Gasteiger partial charge in [0.2, 0.25) is 0 Å². The second-order valence-corrected chi connectivity index (χ2v) is 5.18. The van der Waals surface area contributed by atoms with E-state index in [4.69, 9.17) is 21.1 Å². The molecule has 5 nitrogen and oxygen atoms in total. The average molecular weight is 319 g/mol. The van der Waals surface area contributed by atoms with Gasteiger partial charge in [-0.15, -0.1) is 0 Å². The van der Waals surface area contributed by atoms with Crippen LogP contribution in [0.3, 0.4) is 0 Å². The van der Waals surface area contributed by atoms with Gasteiger partial charge in [-0.2, -0.15) is 0 Å². The molecule has 1 heterocycles. The van der Waals surface area contributed by atoms with Gasteiger partial charge in [0.05, 0.1) is 25.0 Å². The highest BCUT2D eigenvalue weighted by atomic mass is 35.5. The van der Waals surface area contributed by atoms with Crippen LogP contribution in [0.25, 0.3) is 0 Å². The predicted octanol–water partition coefficient (Wildman–Crippen LogP) is 3.78. The van der Waals surface area contributed by atoms with E-state index in [-0.39, 0.29) is 6.03 Å². The number of carbonyl (C=O) groups is 1. The predicted molar refractivity (Wildman–Crippen MR) is 86.3 cm³/mol. The maximum Gasteiger partial charge on any atom is 0.326 e. The maximum absolute atomic E-state index is 12.6. The molecule has 1 aliphatic heterocycles. The zero-order valence-electron chi connectivity index (χ0n) is 12.0. The highest BCUT2D eigenvalue weighted by Gasteiger charge is 2.24. The van der Waals surface area contributed by atoms with E-state index in [0.29, 0.717) is 35.4 Å². The Labute approximate surface area is 133 Å². The molecule has 3 rings (SSSR count). The van der Waals surface area contributed by atoms with E-state index in [1.165, 1.54) is 0 Å². The van der Waals surface area contributed by atoms with Crippen molar-refractivity contribution < 1.29 is 14.3 Å². The van der Waals surface area contributed by atoms with Gasteiger partial charge in [0.15, 0.2) is 0 Å². The number of nitrogens with one attached hydrogen (secondary N) is 1. The van der Waals surface area contributed by atoms with Gasteiger partial charge in [-0.1, -0.05) is 23.7 Å². The zero-order valence-corrected chi connectivity index (χ0v) is 12.8. The first-order chi connectivity index (χ1) is 10.7. The lowest BCUT2D eigenvalue weighted by Crippen LogP contribution is -2.40. The van der Waals surface area contributed by atoms with Crippen LogP contribution >= 0.6 is 11.6 Å². The molecule has 2 aromatic carbocycles. The molecule has 2 aromatic rings. The minimum Gasteiger partial charge on any atom is -0.495 e. The van der Waals surface area contributed by atoms with Gasteiger partial charge < -0.3 is 14.8 Å². The van der Waals surface area contributed by atoms with Gasteiger partial charge in [0.1, 0.15) is 18.1 Å². The molecule has 0 atom stereocenters. The normalized spacial score (nSPS) is 13.1. The van der Waals surface area contributed by atoms with Gasteiger partial charge in [-0.3, -0.25) is 4.90 Å². The Balaban J connectivity index is 1.86. The fourth-order valence-corrected chi connectivity index (χ4v) is 2.51. The SMILES string of the molecule is COc1ccc(Cl)cc1NC(=O)N1CCOc2ccccc21. The number of fused-ring (bicyclic) bond motifs is 1. The van der Waals surface area contributed by atoms with Crippen molar-refractivity contribution in [1.29, 1.82) is 0 Å². The lowest BCUT2D eigenvalue weighted by molar-refractivity contribution is 0.250. The van der Waals surface area contributed by atoms with Crippen LogP contribution < -0.4 is 19.7 Å². The molecule has 0 radical (unpaired) electrons. The minimum absolute atomic E-state index is 0.253. The largest absolute Gasteiger partial charge is 0.495 e. The third-order valence-electron chi connectivity index (χ3n) is 3.38. The van der Waals surface area contributed by atoms with Crippen molar-refractivity contribution in [2.45, 2.75) is 0 Å². The van der Waals surface area contributed by atoms with Crippen molar-refractivity contribution in [2.75, 3.05) is 30.5 Å². The molecule has 2 amide bonds. The van der Waals surface area contributed by atoms with Gasteiger partial charge in [0.25, 0.3) is 0 Å². The molecule has 0 saturated carbocycles. The first-order valence-electron chi connectivity index (χ1n) is 6.83. The number of amides is 2. The van der Waals surface area contributed by atoms with E-state index < -0.39 is 0 Å². The number of hydrogen-bond acceptors (Lipinski definition) is 3. The third-order valence-corrected chi connectivity index (χ3v) is 3.61. The number of carbonyl (C=O) groups excluding carboxylic acids is 1. The first kappa shape index (κ1) is 14.5. The molecule has 0 saturated heterocycles. The van der Waals surface area contributed by atoms with Crippen LogP contribution in [0.5, 0.6) is 11.5 Å². The molecule has 0 bridgehead atoms. The quantitative estimate of drug-likeness (QED) is 0.916. The van der Waals surface area contributed by atoms with Crippen molar-refractivity contribution in [3.8, 4) is 11.5 Å². The van der Waals surface area contributed by atoms with Gasteiger partial charge in [-0.05, 0) is 30.3 Å². The maximum atomic E-state index is 12.6. The summed E-state index contributed by atoms with van der Waals surface area (Å²) in [6.45, 7) is 0.933. The number of hydrogen-bond donors (Lipinski definition) is 1. The van der Waals surface area contributed by atoms with Crippen LogP contribution in [-0.4, -0.2) is 26.3 Å². The summed E-state index contributed by atoms with van der Waals surface area (Å²) in [4.78, 5) is 14.2. The van der Waals surface area contributed by atoms with E-state index in [1.807, 2.05) is 24.3 Å². The number of methoxy groups -OCH3 is 1. The molecule has 1 aliphatic rings. The summed E-state index contributed by atoms with van der Waals surface area (Å²) >= 11 is 5.98. The first-order valence-corrected chi connectivity index (χ1v) is 7.21. The second kappa shape index (κ2) is 6.15. The lowest BCUT2D eigenvalue weighted by atomic mass is 10.2. The number of halogens is 1. The van der Waals surface area contributed by atoms with Crippen LogP contribution in [-0.2, 0) is 0 Å². The highest BCUT2D eigenvalue weighted by molar-refractivity contribution is 6.31. The summed E-state index contributed by atoms with van der Waals surface area (Å²) in [6.07, 6.45) is 0. The Morgan fingerprint density at radius 3 is 2.95 bits per heavy atom. The van der Waals surface area contributed by atoms with Gasteiger partial charge >= 0.3 is 6.03 Å². The molecule has 22 heavy (non-hydrogen) atoms. The van der Waals surface area contributed by atoms with Crippen molar-refractivity contribution in [2.24, 2.45) is 0 Å². The third kappa shape index (κ3) is 2.80. The molecule has 0 aromatic heterocycles. The molecular weight excluding hydrogens is 304 g/mol. The van der Waals surface area contributed by atoms with E-state index >= 15 is 0 Å². The Morgan fingerprint density at radius 1 is 1.32 bits per heavy atom. The minimum atomic E-state index is -0.253. The number of nitrogens with zero attached hydrogens (tertiary/aromatic N) is 1. The summed E-state index contributed by atoms with van der Waals surface area (Å²) in [7, 11) is 1.54. The Bertz CT molecular complexity index is 706. The smallest absolute Gasteiger partial charge is 0.326 e. The zero-order chi connectivity index (χ0) is 15.5. The summed E-state index contributed by atoms with van der Waals surface area (Å²) in [5.74, 6) is 1.25. The molecule has 1 N–H and O–H groups in total.